The number of carbonyl (C=O) groups excluding carboxylic acids is 1. The minimum absolute atomic E-state index is 0.486. The molecule has 0 spiro atoms. The summed E-state index contributed by atoms with van der Waals surface area (Å²) in [5.74, 6) is -0.428. The van der Waals surface area contributed by atoms with E-state index >= 15 is 0 Å². The van der Waals surface area contributed by atoms with E-state index in [-0.39, 0.29) is 0 Å². The molecule has 0 aromatic rings. The monoisotopic (exact) mass is 200 g/mol. The normalized spacial score (nSPS) is 24.1. The zero-order chi connectivity index (χ0) is 9.19. The van der Waals surface area contributed by atoms with Crippen LogP contribution in [0, 0.1) is 0 Å². The third kappa shape index (κ3) is 2.92. The number of alkyl halides is 3. The topological polar surface area (TPSA) is 26.3 Å². The molecule has 1 atom stereocenters. The minimum Gasteiger partial charge on any atom is -0.372 e. The highest BCUT2D eigenvalue weighted by Gasteiger charge is 2.37. The fraction of sp³-hybridized carbons (Fsp3) is 0.833. The van der Waals surface area contributed by atoms with Crippen LogP contribution >= 0.6 is 11.8 Å². The summed E-state index contributed by atoms with van der Waals surface area (Å²) >= 11 is 1.22. The minimum atomic E-state index is -4.83. The van der Waals surface area contributed by atoms with Crippen molar-refractivity contribution in [3.8, 4) is 0 Å². The van der Waals surface area contributed by atoms with Gasteiger partial charge in [-0.3, -0.25) is 4.79 Å². The molecule has 0 aliphatic carbocycles. The van der Waals surface area contributed by atoms with Gasteiger partial charge in [0, 0.05) is 0 Å². The predicted octanol–water partition coefficient (Wildman–Crippen LogP) is 1.95. The van der Waals surface area contributed by atoms with E-state index < -0.39 is 17.6 Å². The predicted molar refractivity (Wildman–Crippen MR) is 37.6 cm³/mol. The fourth-order valence-electron chi connectivity index (χ4n) is 0.943. The number of hydrogen-bond acceptors (Lipinski definition) is 3. The molecule has 1 heterocycles. The molecule has 1 fully saturated rings. The summed E-state index contributed by atoms with van der Waals surface area (Å²) in [6.07, 6.45) is -3.57. The number of carbonyl (C=O) groups is 1. The third-order valence-electron chi connectivity index (χ3n) is 1.41. The highest BCUT2D eigenvalue weighted by Crippen LogP contribution is 2.29. The Bertz CT molecular complexity index is 174. The van der Waals surface area contributed by atoms with Gasteiger partial charge in [-0.05, 0) is 18.6 Å². The maximum atomic E-state index is 11.5. The Labute approximate surface area is 71.5 Å². The van der Waals surface area contributed by atoms with Crippen molar-refractivity contribution in [1.82, 2.24) is 0 Å². The Hall–Kier alpha value is -0.390. The molecule has 2 nitrogen and oxygen atoms in total. The van der Waals surface area contributed by atoms with Crippen LogP contribution in [0.4, 0.5) is 13.2 Å². The summed E-state index contributed by atoms with van der Waals surface area (Å²) in [7, 11) is 0. The molecule has 1 aliphatic heterocycles. The largest absolute Gasteiger partial charge is 0.575 e. The van der Waals surface area contributed by atoms with E-state index in [9.17, 15) is 18.0 Å². The van der Waals surface area contributed by atoms with E-state index in [4.69, 9.17) is 0 Å². The van der Waals surface area contributed by atoms with Gasteiger partial charge in [0.25, 0.3) is 0 Å². The molecular weight excluding hydrogens is 193 g/mol. The zero-order valence-corrected chi connectivity index (χ0v) is 6.87. The quantitative estimate of drug-likeness (QED) is 0.605. The van der Waals surface area contributed by atoms with Crippen LogP contribution in [-0.2, 0) is 9.53 Å². The van der Waals surface area contributed by atoms with Gasteiger partial charge in [-0.2, -0.15) is 0 Å². The van der Waals surface area contributed by atoms with Crippen LogP contribution in [0.15, 0.2) is 0 Å². The van der Waals surface area contributed by atoms with Gasteiger partial charge in [0.2, 0.25) is 0 Å². The van der Waals surface area contributed by atoms with Crippen LogP contribution in [-0.4, -0.2) is 23.3 Å². The van der Waals surface area contributed by atoms with Gasteiger partial charge < -0.3 is 4.74 Å². The van der Waals surface area contributed by atoms with Crippen molar-refractivity contribution in [3.05, 3.63) is 0 Å². The Morgan fingerprint density at radius 3 is 2.58 bits per heavy atom. The van der Waals surface area contributed by atoms with Gasteiger partial charge in [-0.15, -0.1) is 24.9 Å². The van der Waals surface area contributed by atoms with Crippen LogP contribution in [0.3, 0.4) is 0 Å². The standard InChI is InChI=1S/C6H7F3O2S/c7-6(8,9)11-5(10)4-2-1-3-12-4/h4H,1-3H2. The van der Waals surface area contributed by atoms with E-state index in [1.807, 2.05) is 0 Å². The average Bonchev–Trinajstić information content (AvgIpc) is 2.32. The Balaban J connectivity index is 2.37. The van der Waals surface area contributed by atoms with Gasteiger partial charge >= 0.3 is 12.3 Å². The van der Waals surface area contributed by atoms with Crippen molar-refractivity contribution in [1.29, 1.82) is 0 Å². The molecule has 1 aliphatic rings. The van der Waals surface area contributed by atoms with E-state index in [0.29, 0.717) is 6.42 Å². The highest BCUT2D eigenvalue weighted by molar-refractivity contribution is 8.00. The summed E-state index contributed by atoms with van der Waals surface area (Å²) in [4.78, 5) is 10.7. The van der Waals surface area contributed by atoms with E-state index in [1.165, 1.54) is 11.8 Å². The van der Waals surface area contributed by atoms with Gasteiger partial charge in [0.05, 0.1) is 0 Å². The first-order chi connectivity index (χ1) is 5.49. The number of hydrogen-bond donors (Lipinski definition) is 0. The molecule has 1 rings (SSSR count). The van der Waals surface area contributed by atoms with E-state index in [0.717, 1.165) is 12.2 Å². The molecule has 0 aromatic carbocycles. The molecule has 0 amide bonds. The molecule has 70 valence electrons. The second-order valence-corrected chi connectivity index (χ2v) is 3.68. The summed E-state index contributed by atoms with van der Waals surface area (Å²) in [5.41, 5.74) is 0. The molecule has 12 heavy (non-hydrogen) atoms. The molecule has 6 heteroatoms. The first-order valence-electron chi connectivity index (χ1n) is 3.40. The Morgan fingerprint density at radius 1 is 1.50 bits per heavy atom. The zero-order valence-electron chi connectivity index (χ0n) is 6.06. The maximum Gasteiger partial charge on any atom is 0.575 e. The number of rotatable bonds is 1. The summed E-state index contributed by atoms with van der Waals surface area (Å²) in [6, 6.07) is 0. The van der Waals surface area contributed by atoms with Crippen LogP contribution in [0.25, 0.3) is 0 Å². The lowest BCUT2D eigenvalue weighted by atomic mass is 10.2. The second-order valence-electron chi connectivity index (χ2n) is 2.37. The summed E-state index contributed by atoms with van der Waals surface area (Å²) in [6.45, 7) is 0. The van der Waals surface area contributed by atoms with Crippen LogP contribution < -0.4 is 0 Å². The first-order valence-corrected chi connectivity index (χ1v) is 4.45. The fourth-order valence-corrected chi connectivity index (χ4v) is 2.08. The van der Waals surface area contributed by atoms with Crippen molar-refractivity contribution in [2.45, 2.75) is 24.5 Å². The Kier molecular flexibility index (Phi) is 2.87. The highest BCUT2D eigenvalue weighted by atomic mass is 32.2. The third-order valence-corrected chi connectivity index (χ3v) is 2.76. The van der Waals surface area contributed by atoms with Crippen molar-refractivity contribution < 1.29 is 22.7 Å². The molecule has 1 unspecified atom stereocenters. The van der Waals surface area contributed by atoms with E-state index in [1.54, 1.807) is 0 Å². The van der Waals surface area contributed by atoms with Crippen molar-refractivity contribution in [2.24, 2.45) is 0 Å². The lowest BCUT2D eigenvalue weighted by Gasteiger charge is -2.10. The molecule has 0 bridgehead atoms. The van der Waals surface area contributed by atoms with E-state index in [2.05, 4.69) is 4.74 Å². The lowest BCUT2D eigenvalue weighted by Crippen LogP contribution is -2.25. The molecule has 0 radical (unpaired) electrons. The SMILES string of the molecule is O=C(OC(F)(F)F)C1CCCS1. The lowest BCUT2D eigenvalue weighted by molar-refractivity contribution is -0.305. The van der Waals surface area contributed by atoms with Gasteiger partial charge in [0.15, 0.2) is 0 Å². The smallest absolute Gasteiger partial charge is 0.372 e. The maximum absolute atomic E-state index is 11.5. The van der Waals surface area contributed by atoms with Gasteiger partial charge in [0.1, 0.15) is 5.25 Å². The average molecular weight is 200 g/mol. The Morgan fingerprint density at radius 2 is 2.17 bits per heavy atom. The summed E-state index contributed by atoms with van der Waals surface area (Å²) in [5, 5.41) is -0.619. The molecule has 0 aromatic heterocycles. The number of ether oxygens (including phenoxy) is 1. The van der Waals surface area contributed by atoms with Crippen LogP contribution in [0.1, 0.15) is 12.8 Å². The van der Waals surface area contributed by atoms with Crippen LogP contribution in [0.5, 0.6) is 0 Å². The second kappa shape index (κ2) is 3.55. The van der Waals surface area contributed by atoms with Gasteiger partial charge in [-0.1, -0.05) is 0 Å². The summed E-state index contributed by atoms with van der Waals surface area (Å²) < 4.78 is 37.8. The molecule has 0 N–H and O–H groups in total. The van der Waals surface area contributed by atoms with Gasteiger partial charge in [-0.25, -0.2) is 0 Å². The molecule has 1 saturated heterocycles. The van der Waals surface area contributed by atoms with Crippen molar-refractivity contribution in [2.75, 3.05) is 5.75 Å². The van der Waals surface area contributed by atoms with Crippen LogP contribution in [0.2, 0.25) is 0 Å². The van der Waals surface area contributed by atoms with Crippen molar-refractivity contribution in [3.63, 3.8) is 0 Å². The molecule has 0 saturated carbocycles. The molecular formula is C6H7F3O2S. The number of halogens is 3. The number of esters is 1. The van der Waals surface area contributed by atoms with Crippen molar-refractivity contribution >= 4 is 17.7 Å². The first kappa shape index (κ1) is 9.70. The number of thioether (sulfide) groups is 1.